The number of halogens is 1. The highest BCUT2D eigenvalue weighted by Gasteiger charge is 2.57. The average molecular weight is 541 g/mol. The second-order valence-electron chi connectivity index (χ2n) is 11.7. The summed E-state index contributed by atoms with van der Waals surface area (Å²) in [6.45, 7) is 0.735. The number of piperidine rings is 1. The molecule has 6 rings (SSSR count). The normalized spacial score (nSPS) is 30.6. The summed E-state index contributed by atoms with van der Waals surface area (Å²) in [6.07, 6.45) is 2.46. The summed E-state index contributed by atoms with van der Waals surface area (Å²) >= 11 is 0. The van der Waals surface area contributed by atoms with Gasteiger partial charge in [0.2, 0.25) is 11.8 Å². The highest BCUT2D eigenvalue weighted by Crippen LogP contribution is 2.55. The van der Waals surface area contributed by atoms with Crippen LogP contribution in [0.2, 0.25) is 0 Å². The van der Waals surface area contributed by atoms with Gasteiger partial charge in [-0.05, 0) is 56.9 Å². The molecule has 2 heterocycles. The first-order chi connectivity index (χ1) is 18.7. The van der Waals surface area contributed by atoms with E-state index >= 15 is 0 Å². The minimum Gasteiger partial charge on any atom is -0.445 e. The van der Waals surface area contributed by atoms with E-state index in [2.05, 4.69) is 0 Å². The van der Waals surface area contributed by atoms with Gasteiger partial charge in [-0.1, -0.05) is 30.3 Å². The molecule has 1 N–H and O–H groups in total. The number of rotatable bonds is 6. The number of likely N-dealkylation sites (tertiary alicyclic amines) is 2. The fourth-order valence-corrected chi connectivity index (χ4v) is 6.93. The summed E-state index contributed by atoms with van der Waals surface area (Å²) < 4.78 is 19.8. The number of aliphatic hydroxyl groups is 1. The second-order valence-corrected chi connectivity index (χ2v) is 11.7. The van der Waals surface area contributed by atoms with E-state index in [4.69, 9.17) is 4.74 Å². The molecule has 2 atom stereocenters. The Morgan fingerprint density at radius 2 is 1.72 bits per heavy atom. The number of amides is 3. The van der Waals surface area contributed by atoms with Gasteiger partial charge in [0.25, 0.3) is 0 Å². The number of nitrogens with zero attached hydrogens (tertiary/aromatic N) is 4. The number of fused-ring (bicyclic) bond motifs is 3. The van der Waals surface area contributed by atoms with Gasteiger partial charge in [-0.25, -0.2) is 9.18 Å². The maximum absolute atomic E-state index is 14.1. The van der Waals surface area contributed by atoms with Crippen LogP contribution in [0, 0.1) is 16.7 Å². The third-order valence-electron chi connectivity index (χ3n) is 9.42. The van der Waals surface area contributed by atoms with Gasteiger partial charge in [0.15, 0.2) is 0 Å². The number of carbonyl (C=O) groups excluding carboxylic acids is 3. The quantitative estimate of drug-likeness (QED) is 0.593. The predicted octanol–water partition coefficient (Wildman–Crippen LogP) is 3.16. The number of benzene rings is 1. The van der Waals surface area contributed by atoms with Crippen LogP contribution in [0.3, 0.4) is 0 Å². The maximum Gasteiger partial charge on any atom is 0.411 e. The summed E-state index contributed by atoms with van der Waals surface area (Å²) in [5, 5.41) is 19.3. The van der Waals surface area contributed by atoms with Crippen LogP contribution in [0.5, 0.6) is 0 Å². The molecule has 0 spiro atoms. The molecule has 3 amide bonds. The Hall–Kier alpha value is -3.19. The lowest BCUT2D eigenvalue weighted by Gasteiger charge is -2.57. The van der Waals surface area contributed by atoms with E-state index < -0.39 is 35.2 Å². The zero-order chi connectivity index (χ0) is 27.6. The molecule has 1 aromatic rings. The molecule has 1 aromatic carbocycles. The Balaban J connectivity index is 1.32. The summed E-state index contributed by atoms with van der Waals surface area (Å²) in [5.74, 6) is -0.321. The maximum atomic E-state index is 14.1. The van der Waals surface area contributed by atoms with Gasteiger partial charge < -0.3 is 19.6 Å². The summed E-state index contributed by atoms with van der Waals surface area (Å²) in [5.41, 5.74) is -0.293. The van der Waals surface area contributed by atoms with Crippen LogP contribution >= 0.6 is 0 Å². The smallest absolute Gasteiger partial charge is 0.411 e. The molecule has 2 aliphatic heterocycles. The fourth-order valence-electron chi connectivity index (χ4n) is 6.93. The van der Waals surface area contributed by atoms with Crippen LogP contribution in [-0.2, 0) is 20.9 Å². The second kappa shape index (κ2) is 11.1. The van der Waals surface area contributed by atoms with Gasteiger partial charge in [0.05, 0.1) is 18.7 Å². The Morgan fingerprint density at radius 3 is 2.33 bits per heavy atom. The molecule has 5 fully saturated rings. The minimum atomic E-state index is -1.26. The highest BCUT2D eigenvalue weighted by molar-refractivity contribution is 5.85. The number of ether oxygens (including phenoxy) is 1. The van der Waals surface area contributed by atoms with Crippen LogP contribution in [0.25, 0.3) is 0 Å². The lowest BCUT2D eigenvalue weighted by atomic mass is 9.56. The van der Waals surface area contributed by atoms with Crippen LogP contribution in [0.15, 0.2) is 30.3 Å². The number of hydrogen-bond acceptors (Lipinski definition) is 6. The van der Waals surface area contributed by atoms with Crippen LogP contribution in [-0.4, -0.2) is 87.7 Å². The summed E-state index contributed by atoms with van der Waals surface area (Å²) in [7, 11) is 0. The van der Waals surface area contributed by atoms with E-state index in [1.54, 1.807) is 0 Å². The third kappa shape index (κ3) is 5.46. The Labute approximate surface area is 228 Å². The molecule has 0 aromatic heterocycles. The molecule has 39 heavy (non-hydrogen) atoms. The molecule has 210 valence electrons. The number of carbonyl (C=O) groups is 3. The lowest BCUT2D eigenvalue weighted by molar-refractivity contribution is -0.156. The molecule has 0 radical (unpaired) electrons. The number of alkyl halides is 1. The monoisotopic (exact) mass is 540 g/mol. The van der Waals surface area contributed by atoms with Crippen LogP contribution < -0.4 is 0 Å². The Kier molecular flexibility index (Phi) is 7.81. The van der Waals surface area contributed by atoms with E-state index in [0.29, 0.717) is 64.5 Å². The van der Waals surface area contributed by atoms with E-state index in [-0.39, 0.29) is 38.1 Å². The topological polar surface area (TPSA) is 114 Å². The third-order valence-corrected chi connectivity index (χ3v) is 9.42. The van der Waals surface area contributed by atoms with Gasteiger partial charge in [0, 0.05) is 30.5 Å². The molecule has 3 saturated carbocycles. The van der Waals surface area contributed by atoms with Gasteiger partial charge in [-0.15, -0.1) is 0 Å². The molecule has 5 aliphatic rings. The number of hydrogen-bond donors (Lipinski definition) is 1. The van der Waals surface area contributed by atoms with E-state index in [1.807, 2.05) is 41.3 Å². The van der Waals surface area contributed by atoms with E-state index in [0.717, 1.165) is 5.56 Å². The first-order valence-corrected chi connectivity index (χ1v) is 14.0. The Morgan fingerprint density at radius 1 is 1.08 bits per heavy atom. The van der Waals surface area contributed by atoms with Crippen molar-refractivity contribution in [3.05, 3.63) is 35.9 Å². The summed E-state index contributed by atoms with van der Waals surface area (Å²) in [4.78, 5) is 45.1. The van der Waals surface area contributed by atoms with Crippen molar-refractivity contribution in [1.29, 1.82) is 5.26 Å². The predicted molar refractivity (Wildman–Crippen MR) is 139 cm³/mol. The molecule has 2 saturated heterocycles. The zero-order valence-corrected chi connectivity index (χ0v) is 22.3. The van der Waals surface area contributed by atoms with Crippen molar-refractivity contribution < 1.29 is 28.6 Å². The van der Waals surface area contributed by atoms with Crippen molar-refractivity contribution in [1.82, 2.24) is 14.7 Å². The fraction of sp³-hybridized carbons (Fsp3) is 0.655. The van der Waals surface area contributed by atoms with Crippen LogP contribution in [0.4, 0.5) is 9.18 Å². The van der Waals surface area contributed by atoms with Crippen molar-refractivity contribution in [3.8, 4) is 6.07 Å². The largest absolute Gasteiger partial charge is 0.445 e. The zero-order valence-electron chi connectivity index (χ0n) is 22.3. The lowest BCUT2D eigenvalue weighted by Crippen LogP contribution is -2.63. The molecule has 2 bridgehead atoms. The van der Waals surface area contributed by atoms with Crippen LogP contribution in [0.1, 0.15) is 63.4 Å². The van der Waals surface area contributed by atoms with Gasteiger partial charge in [-0.3, -0.25) is 14.5 Å². The molecule has 3 aliphatic carbocycles. The van der Waals surface area contributed by atoms with Gasteiger partial charge >= 0.3 is 6.09 Å². The standard InChI is InChI=1S/C29H37FN4O5/c30-22-16-23(17-31)33(18-22)25(36)19-34(27(38)39-20-21-4-2-1-3-5-21)29-11-8-28(9-12-29,10-13-29)26(37)32-14-6-24(35)7-15-32/h1-5,22-24,35H,6-16,18-20H2/t22-,23-,28?,29?/m0/s1. The molecular formula is C29H37FN4O5. The van der Waals surface area contributed by atoms with Gasteiger partial charge in [0.1, 0.15) is 25.4 Å². The van der Waals surface area contributed by atoms with Crippen molar-refractivity contribution in [2.24, 2.45) is 5.41 Å². The van der Waals surface area contributed by atoms with E-state index in [1.165, 1.54) is 9.80 Å². The SMILES string of the molecule is N#C[C@@H]1C[C@H](F)CN1C(=O)CN(C(=O)OCc1ccccc1)C12CCC(C(=O)N3CCC(O)CC3)(CC1)CC2. The van der Waals surface area contributed by atoms with Gasteiger partial charge in [-0.2, -0.15) is 5.26 Å². The number of nitriles is 1. The molecular weight excluding hydrogens is 503 g/mol. The van der Waals surface area contributed by atoms with Crippen molar-refractivity contribution in [2.45, 2.75) is 88.3 Å². The average Bonchev–Trinajstić information content (AvgIpc) is 3.36. The minimum absolute atomic E-state index is 0.0238. The van der Waals surface area contributed by atoms with Crippen molar-refractivity contribution in [2.75, 3.05) is 26.2 Å². The molecule has 9 nitrogen and oxygen atoms in total. The first-order valence-electron chi connectivity index (χ1n) is 14.0. The molecule has 10 heteroatoms. The summed E-state index contributed by atoms with van der Waals surface area (Å²) in [6, 6.07) is 10.4. The van der Waals surface area contributed by atoms with E-state index in [9.17, 15) is 29.1 Å². The van der Waals surface area contributed by atoms with Crippen molar-refractivity contribution in [3.63, 3.8) is 0 Å². The number of aliphatic hydroxyl groups excluding tert-OH is 1. The first kappa shape index (κ1) is 27.4. The highest BCUT2D eigenvalue weighted by atomic mass is 19.1. The molecule has 0 unspecified atom stereocenters. The Bertz CT molecular complexity index is 1090. The van der Waals surface area contributed by atoms with Crippen molar-refractivity contribution >= 4 is 17.9 Å².